The average Bonchev–Trinajstić information content (AvgIpc) is 2.09. The van der Waals surface area contributed by atoms with E-state index in [0.717, 1.165) is 18.3 Å². The van der Waals surface area contributed by atoms with Crippen LogP contribution >= 0.6 is 28.4 Å². The van der Waals surface area contributed by atoms with Gasteiger partial charge in [0, 0.05) is 24.2 Å². The first kappa shape index (κ1) is 10.8. The van der Waals surface area contributed by atoms with Crippen LogP contribution in [0.1, 0.15) is 5.56 Å². The number of anilines is 1. The molecule has 1 rings (SSSR count). The molecule has 0 bridgehead atoms. The molecular weight excluding hydrogens is 308 g/mol. The predicted octanol–water partition coefficient (Wildman–Crippen LogP) is 3.32. The highest BCUT2D eigenvalue weighted by Gasteiger charge is 2.08. The molecule has 1 atom stereocenters. The van der Waals surface area contributed by atoms with Crippen molar-refractivity contribution in [1.82, 2.24) is 0 Å². The molecule has 1 aromatic rings. The minimum absolute atomic E-state index is 0.184. The molecule has 0 spiro atoms. The maximum Gasteiger partial charge on any atom is 0.150 e. The zero-order valence-electron chi connectivity index (χ0n) is 6.37. The topological polar surface area (TPSA) is 35.9 Å². The normalized spacial score (nSPS) is 10.7. The van der Waals surface area contributed by atoms with Gasteiger partial charge in [0.05, 0.1) is 5.69 Å². The molecule has 0 saturated carbocycles. The van der Waals surface area contributed by atoms with Crippen molar-refractivity contribution in [3.8, 4) is 0 Å². The number of nitrogens with one attached hydrogen (secondary N) is 2. The van der Waals surface area contributed by atoms with Crippen molar-refractivity contribution < 1.29 is 8.78 Å². The fourth-order valence-electron chi connectivity index (χ4n) is 0.886. The van der Waals surface area contributed by atoms with Crippen molar-refractivity contribution in [2.24, 2.45) is 0 Å². The SMILES string of the molecule is N=Cc1cc(F)cc(F)c1NPI. The lowest BCUT2D eigenvalue weighted by Gasteiger charge is -2.07. The number of benzene rings is 1. The van der Waals surface area contributed by atoms with Crippen molar-refractivity contribution in [3.63, 3.8) is 0 Å². The van der Waals surface area contributed by atoms with Crippen LogP contribution in [0.15, 0.2) is 12.1 Å². The number of halogens is 3. The van der Waals surface area contributed by atoms with Crippen molar-refractivity contribution in [2.75, 3.05) is 5.09 Å². The first-order valence-electron chi connectivity index (χ1n) is 3.30. The Morgan fingerprint density at radius 1 is 1.46 bits per heavy atom. The van der Waals surface area contributed by atoms with E-state index in [1.807, 2.05) is 22.0 Å². The third-order valence-electron chi connectivity index (χ3n) is 1.41. The van der Waals surface area contributed by atoms with E-state index >= 15 is 0 Å². The molecular formula is C7H6F2IN2P. The summed E-state index contributed by atoms with van der Waals surface area (Å²) < 4.78 is 25.7. The van der Waals surface area contributed by atoms with E-state index in [0.29, 0.717) is 0 Å². The molecule has 0 saturated heterocycles. The standard InChI is InChI=1S/C7H6F2IN2P/c8-5-1-4(3-11)7(12-13-10)6(9)2-5/h1-3,11-13H. The molecule has 2 N–H and O–H groups in total. The van der Waals surface area contributed by atoms with Crippen LogP contribution in [0.2, 0.25) is 0 Å². The van der Waals surface area contributed by atoms with E-state index in [-0.39, 0.29) is 17.6 Å². The smallest absolute Gasteiger partial charge is 0.150 e. The Balaban J connectivity index is 3.21. The van der Waals surface area contributed by atoms with Crippen molar-refractivity contribution in [2.45, 2.75) is 0 Å². The zero-order chi connectivity index (χ0) is 9.84. The monoisotopic (exact) mass is 314 g/mol. The highest BCUT2D eigenvalue weighted by Crippen LogP contribution is 2.28. The van der Waals surface area contributed by atoms with Crippen LogP contribution in [-0.2, 0) is 0 Å². The molecule has 0 fully saturated rings. The highest BCUT2D eigenvalue weighted by molar-refractivity contribution is 14.2. The summed E-state index contributed by atoms with van der Waals surface area (Å²) >= 11 is 2.03. The molecule has 1 unspecified atom stereocenters. The fourth-order valence-corrected chi connectivity index (χ4v) is 2.05. The van der Waals surface area contributed by atoms with E-state index in [2.05, 4.69) is 5.09 Å². The average molecular weight is 314 g/mol. The van der Waals surface area contributed by atoms with Gasteiger partial charge in [0.25, 0.3) is 0 Å². The summed E-state index contributed by atoms with van der Waals surface area (Å²) in [5.41, 5.74) is 0.408. The van der Waals surface area contributed by atoms with Crippen LogP contribution in [0, 0.1) is 17.0 Å². The van der Waals surface area contributed by atoms with E-state index in [1.165, 1.54) is 0 Å². The minimum atomic E-state index is -0.668. The van der Waals surface area contributed by atoms with Crippen LogP contribution in [0.5, 0.6) is 0 Å². The Bertz CT molecular complexity index is 333. The molecule has 13 heavy (non-hydrogen) atoms. The molecule has 0 aromatic heterocycles. The maximum atomic E-state index is 13.1. The van der Waals surface area contributed by atoms with E-state index in [4.69, 9.17) is 5.41 Å². The van der Waals surface area contributed by atoms with Crippen molar-refractivity contribution >= 4 is 40.3 Å². The molecule has 6 heteroatoms. The van der Waals surface area contributed by atoms with Crippen LogP contribution in [0.4, 0.5) is 14.5 Å². The van der Waals surface area contributed by atoms with Crippen molar-refractivity contribution in [1.29, 1.82) is 5.41 Å². The van der Waals surface area contributed by atoms with Gasteiger partial charge in [-0.05, 0) is 28.1 Å². The van der Waals surface area contributed by atoms with Crippen LogP contribution in [-0.4, -0.2) is 6.21 Å². The van der Waals surface area contributed by atoms with Gasteiger partial charge in [-0.2, -0.15) is 0 Å². The third kappa shape index (κ3) is 2.57. The van der Waals surface area contributed by atoms with Gasteiger partial charge in [0.1, 0.15) is 11.6 Å². The van der Waals surface area contributed by atoms with Gasteiger partial charge in [-0.1, -0.05) is 0 Å². The molecule has 0 aliphatic heterocycles. The molecule has 0 aliphatic carbocycles. The summed E-state index contributed by atoms with van der Waals surface area (Å²) in [7, 11) is 0. The molecule has 1 aromatic carbocycles. The summed E-state index contributed by atoms with van der Waals surface area (Å²) in [4.78, 5) is 0. The number of hydrogen-bond donors (Lipinski definition) is 2. The number of rotatable bonds is 3. The van der Waals surface area contributed by atoms with Crippen LogP contribution in [0.25, 0.3) is 0 Å². The molecule has 2 nitrogen and oxygen atoms in total. The van der Waals surface area contributed by atoms with E-state index in [9.17, 15) is 8.78 Å². The predicted molar refractivity (Wildman–Crippen MR) is 60.2 cm³/mol. The lowest BCUT2D eigenvalue weighted by atomic mass is 10.2. The van der Waals surface area contributed by atoms with E-state index in [1.54, 1.807) is 0 Å². The quantitative estimate of drug-likeness (QED) is 0.501. The number of hydrogen-bond acceptors (Lipinski definition) is 2. The minimum Gasteiger partial charge on any atom is -0.356 e. The first-order valence-corrected chi connectivity index (χ1v) is 7.41. The second-order valence-electron chi connectivity index (χ2n) is 2.22. The Labute approximate surface area is 88.9 Å². The van der Waals surface area contributed by atoms with E-state index < -0.39 is 11.6 Å². The van der Waals surface area contributed by atoms with Gasteiger partial charge in [-0.3, -0.25) is 0 Å². The van der Waals surface area contributed by atoms with Crippen LogP contribution < -0.4 is 5.09 Å². The molecule has 70 valence electrons. The summed E-state index contributed by atoms with van der Waals surface area (Å²) in [6.45, 7) is 0. The summed E-state index contributed by atoms with van der Waals surface area (Å²) in [6, 6.07) is 1.92. The maximum absolute atomic E-state index is 13.1. The van der Waals surface area contributed by atoms with Gasteiger partial charge >= 0.3 is 0 Å². The lowest BCUT2D eigenvalue weighted by Crippen LogP contribution is -1.95. The largest absolute Gasteiger partial charge is 0.356 e. The second-order valence-corrected chi connectivity index (χ2v) is 4.27. The molecule has 0 aliphatic rings. The third-order valence-corrected chi connectivity index (χ3v) is 2.57. The van der Waals surface area contributed by atoms with Gasteiger partial charge in [0.15, 0.2) is 0 Å². The Hall–Kier alpha value is -0.290. The summed E-state index contributed by atoms with van der Waals surface area (Å²) in [5, 5.41) is 9.70. The Morgan fingerprint density at radius 2 is 2.15 bits per heavy atom. The van der Waals surface area contributed by atoms with Crippen LogP contribution in [0.3, 0.4) is 0 Å². The molecule has 0 radical (unpaired) electrons. The van der Waals surface area contributed by atoms with Crippen molar-refractivity contribution in [3.05, 3.63) is 29.3 Å². The van der Waals surface area contributed by atoms with Gasteiger partial charge in [-0.15, -0.1) is 0 Å². The van der Waals surface area contributed by atoms with Gasteiger partial charge in [-0.25, -0.2) is 8.78 Å². The summed E-state index contributed by atoms with van der Waals surface area (Å²) in [5.74, 6) is -1.33. The lowest BCUT2D eigenvalue weighted by molar-refractivity contribution is 0.586. The molecule has 0 heterocycles. The Kier molecular flexibility index (Phi) is 3.99. The molecule has 0 amide bonds. The fraction of sp³-hybridized carbons (Fsp3) is 0. The first-order chi connectivity index (χ1) is 6.19. The Morgan fingerprint density at radius 3 is 2.69 bits per heavy atom. The summed E-state index contributed by atoms with van der Waals surface area (Å²) in [6.07, 6.45) is 1.20. The zero-order valence-corrected chi connectivity index (χ0v) is 9.52. The van der Waals surface area contributed by atoms with Gasteiger partial charge in [0.2, 0.25) is 0 Å². The highest BCUT2D eigenvalue weighted by atomic mass is 127. The van der Waals surface area contributed by atoms with Gasteiger partial charge < -0.3 is 10.5 Å². The second kappa shape index (κ2) is 4.81.